The van der Waals surface area contributed by atoms with E-state index in [1.807, 2.05) is 50.2 Å². The largest absolute Gasteiger partial charge is 0.461 e. The van der Waals surface area contributed by atoms with Gasteiger partial charge in [-0.05, 0) is 49.9 Å². The summed E-state index contributed by atoms with van der Waals surface area (Å²) in [5.74, 6) is 1.27. The minimum atomic E-state index is -1.21. The predicted octanol–water partition coefficient (Wildman–Crippen LogP) is 2.63. The summed E-state index contributed by atoms with van der Waals surface area (Å²) >= 11 is 0. The summed E-state index contributed by atoms with van der Waals surface area (Å²) in [6, 6.07) is 11.5. The topological polar surface area (TPSA) is 68.2 Å². The molecular weight excluding hydrogens is 320 g/mol. The molecule has 0 amide bonds. The summed E-state index contributed by atoms with van der Waals surface area (Å²) in [6.07, 6.45) is -1.14. The van der Waals surface area contributed by atoms with Crippen LogP contribution in [0.2, 0.25) is 0 Å². The van der Waals surface area contributed by atoms with E-state index in [4.69, 9.17) is 14.2 Å². The van der Waals surface area contributed by atoms with Gasteiger partial charge in [0.1, 0.15) is 11.5 Å². The van der Waals surface area contributed by atoms with Crippen LogP contribution < -0.4 is 9.47 Å². The van der Waals surface area contributed by atoms with Crippen molar-refractivity contribution in [2.75, 3.05) is 0 Å². The maximum Gasteiger partial charge on any atom is 0.234 e. The van der Waals surface area contributed by atoms with E-state index in [0.29, 0.717) is 24.3 Å². The predicted molar refractivity (Wildman–Crippen MR) is 89.3 cm³/mol. The van der Waals surface area contributed by atoms with Gasteiger partial charge in [-0.25, -0.2) is 0 Å². The van der Waals surface area contributed by atoms with Gasteiger partial charge in [-0.1, -0.05) is 24.3 Å². The van der Waals surface area contributed by atoms with Crippen molar-refractivity contribution < 1.29 is 24.4 Å². The lowest BCUT2D eigenvalue weighted by atomic mass is 9.78. The van der Waals surface area contributed by atoms with Gasteiger partial charge in [0, 0.05) is 11.1 Å². The van der Waals surface area contributed by atoms with Gasteiger partial charge in [0.15, 0.2) is 11.2 Å². The van der Waals surface area contributed by atoms with Crippen molar-refractivity contribution in [2.24, 2.45) is 0 Å². The molecular formula is C20H20O5. The van der Waals surface area contributed by atoms with Crippen LogP contribution in [0.25, 0.3) is 0 Å². The highest BCUT2D eigenvalue weighted by Crippen LogP contribution is 2.57. The zero-order valence-electron chi connectivity index (χ0n) is 14.2. The van der Waals surface area contributed by atoms with Crippen molar-refractivity contribution in [2.45, 2.75) is 50.5 Å². The van der Waals surface area contributed by atoms with Crippen LogP contribution in [0.5, 0.6) is 11.5 Å². The quantitative estimate of drug-likeness (QED) is 0.772. The number of fused-ring (bicyclic) bond motifs is 5. The van der Waals surface area contributed by atoms with Crippen LogP contribution in [0.15, 0.2) is 36.4 Å². The third-order valence-electron chi connectivity index (χ3n) is 5.65. The summed E-state index contributed by atoms with van der Waals surface area (Å²) in [5.41, 5.74) is 1.44. The SMILES string of the molecule is Cc1ccc2c(c1)O[C@@H]1O[C@@]3(CC[C@@]21O)c1ccc(C)cc1O[C@@H]3O. The Hall–Kier alpha value is -2.08. The fourth-order valence-electron chi connectivity index (χ4n) is 4.23. The van der Waals surface area contributed by atoms with Gasteiger partial charge in [0.25, 0.3) is 0 Å². The molecule has 130 valence electrons. The lowest BCUT2D eigenvalue weighted by molar-refractivity contribution is -0.315. The second-order valence-electron chi connectivity index (χ2n) is 7.35. The minimum Gasteiger partial charge on any atom is -0.461 e. The Morgan fingerprint density at radius 2 is 1.56 bits per heavy atom. The summed E-state index contributed by atoms with van der Waals surface area (Å²) in [5, 5.41) is 21.8. The van der Waals surface area contributed by atoms with Crippen molar-refractivity contribution in [1.82, 2.24) is 0 Å². The number of rotatable bonds is 0. The first-order chi connectivity index (χ1) is 11.9. The molecule has 2 aromatic rings. The average Bonchev–Trinajstić information content (AvgIpc) is 2.99. The molecule has 0 bridgehead atoms. The first-order valence-corrected chi connectivity index (χ1v) is 8.56. The summed E-state index contributed by atoms with van der Waals surface area (Å²) in [7, 11) is 0. The Bertz CT molecular complexity index is 878. The molecule has 0 aliphatic carbocycles. The Balaban J connectivity index is 1.56. The maximum absolute atomic E-state index is 11.2. The molecule has 1 fully saturated rings. The zero-order valence-corrected chi connectivity index (χ0v) is 14.2. The number of hydrogen-bond donors (Lipinski definition) is 2. The standard InChI is InChI=1S/C20H20O5/c1-11-3-5-13-15(9-11)24-18-19(13,22)7-8-20(25-18)14-6-4-12(2)10-16(14)23-17(20)21/h3-6,9-10,17-18,21-22H,7-8H2,1-2H3/t17-,18+,19+,20-/m0/s1. The molecule has 3 aliphatic rings. The molecule has 1 spiro atoms. The van der Waals surface area contributed by atoms with E-state index in [-0.39, 0.29) is 0 Å². The van der Waals surface area contributed by atoms with E-state index in [1.54, 1.807) is 0 Å². The van der Waals surface area contributed by atoms with Crippen LogP contribution >= 0.6 is 0 Å². The van der Waals surface area contributed by atoms with E-state index in [0.717, 1.165) is 22.3 Å². The summed E-state index contributed by atoms with van der Waals surface area (Å²) in [6.45, 7) is 3.95. The molecule has 0 unspecified atom stereocenters. The van der Waals surface area contributed by atoms with Gasteiger partial charge in [-0.15, -0.1) is 0 Å². The highest BCUT2D eigenvalue weighted by molar-refractivity contribution is 5.48. The van der Waals surface area contributed by atoms with Crippen LogP contribution in [-0.2, 0) is 15.9 Å². The second-order valence-corrected chi connectivity index (χ2v) is 7.35. The molecule has 2 N–H and O–H groups in total. The molecule has 3 aliphatic heterocycles. The molecule has 0 saturated carbocycles. The van der Waals surface area contributed by atoms with Crippen molar-refractivity contribution in [1.29, 1.82) is 0 Å². The number of benzene rings is 2. The van der Waals surface area contributed by atoms with Crippen molar-refractivity contribution in [3.05, 3.63) is 58.7 Å². The highest BCUT2D eigenvalue weighted by atomic mass is 16.7. The maximum atomic E-state index is 11.2. The molecule has 25 heavy (non-hydrogen) atoms. The van der Waals surface area contributed by atoms with E-state index in [1.165, 1.54) is 0 Å². The Kier molecular flexibility index (Phi) is 2.89. The fourth-order valence-corrected chi connectivity index (χ4v) is 4.23. The smallest absolute Gasteiger partial charge is 0.234 e. The van der Waals surface area contributed by atoms with Crippen LogP contribution in [0, 0.1) is 13.8 Å². The first kappa shape index (κ1) is 15.2. The van der Waals surface area contributed by atoms with Crippen LogP contribution in [0.3, 0.4) is 0 Å². The summed E-state index contributed by atoms with van der Waals surface area (Å²) in [4.78, 5) is 0. The van der Waals surface area contributed by atoms with E-state index < -0.39 is 23.8 Å². The van der Waals surface area contributed by atoms with Gasteiger partial charge in [0.05, 0.1) is 0 Å². The van der Waals surface area contributed by atoms with Crippen molar-refractivity contribution in [3.8, 4) is 11.5 Å². The Morgan fingerprint density at radius 1 is 0.920 bits per heavy atom. The van der Waals surface area contributed by atoms with E-state index in [9.17, 15) is 10.2 Å². The van der Waals surface area contributed by atoms with Crippen molar-refractivity contribution >= 4 is 0 Å². The molecule has 3 heterocycles. The summed E-state index contributed by atoms with van der Waals surface area (Å²) < 4.78 is 17.8. The third-order valence-corrected chi connectivity index (χ3v) is 5.65. The van der Waals surface area contributed by atoms with Gasteiger partial charge in [0.2, 0.25) is 12.6 Å². The molecule has 4 atom stereocenters. The van der Waals surface area contributed by atoms with Gasteiger partial charge in [-0.3, -0.25) is 0 Å². The average molecular weight is 340 g/mol. The Morgan fingerprint density at radius 3 is 2.28 bits per heavy atom. The number of aryl methyl sites for hydroxylation is 2. The molecule has 5 heteroatoms. The van der Waals surface area contributed by atoms with E-state index in [2.05, 4.69) is 0 Å². The number of hydrogen-bond acceptors (Lipinski definition) is 5. The highest BCUT2D eigenvalue weighted by Gasteiger charge is 2.62. The molecule has 5 rings (SSSR count). The molecule has 1 saturated heterocycles. The first-order valence-electron chi connectivity index (χ1n) is 8.56. The molecule has 0 radical (unpaired) electrons. The van der Waals surface area contributed by atoms with E-state index >= 15 is 0 Å². The molecule has 2 aromatic carbocycles. The number of ether oxygens (including phenoxy) is 3. The Labute approximate surface area is 145 Å². The van der Waals surface area contributed by atoms with Gasteiger partial charge >= 0.3 is 0 Å². The van der Waals surface area contributed by atoms with Gasteiger partial charge in [-0.2, -0.15) is 0 Å². The number of aliphatic hydroxyl groups excluding tert-OH is 1. The fraction of sp³-hybridized carbons (Fsp3) is 0.400. The third kappa shape index (κ3) is 1.89. The van der Waals surface area contributed by atoms with Crippen LogP contribution in [-0.4, -0.2) is 22.8 Å². The molecule has 0 aromatic heterocycles. The second kappa shape index (κ2) is 4.75. The lowest BCUT2D eigenvalue weighted by Gasteiger charge is -2.43. The normalized spacial score (nSPS) is 34.9. The number of aliphatic hydroxyl groups is 2. The lowest BCUT2D eigenvalue weighted by Crippen LogP contribution is -2.55. The molecule has 5 nitrogen and oxygen atoms in total. The van der Waals surface area contributed by atoms with Crippen molar-refractivity contribution in [3.63, 3.8) is 0 Å². The van der Waals surface area contributed by atoms with Crippen LogP contribution in [0.4, 0.5) is 0 Å². The van der Waals surface area contributed by atoms with Gasteiger partial charge < -0.3 is 24.4 Å². The van der Waals surface area contributed by atoms with Crippen LogP contribution in [0.1, 0.15) is 35.1 Å². The zero-order chi connectivity index (χ0) is 17.4. The minimum absolute atomic E-state index is 0.418. The monoisotopic (exact) mass is 340 g/mol.